The Morgan fingerprint density at radius 2 is 1.71 bits per heavy atom. The predicted octanol–water partition coefficient (Wildman–Crippen LogP) is 4.87. The van der Waals surface area contributed by atoms with Crippen LogP contribution < -0.4 is 5.32 Å². The first-order valence-corrected chi connectivity index (χ1v) is 10.3. The second kappa shape index (κ2) is 11.1. The number of amides is 2. The molecule has 2 aromatic rings. The fourth-order valence-corrected chi connectivity index (χ4v) is 3.31. The van der Waals surface area contributed by atoms with Gasteiger partial charge in [-0.3, -0.25) is 9.59 Å². The van der Waals surface area contributed by atoms with Gasteiger partial charge in [-0.25, -0.2) is 0 Å². The molecule has 0 aromatic heterocycles. The molecule has 0 radical (unpaired) electrons. The van der Waals surface area contributed by atoms with Crippen LogP contribution in [-0.4, -0.2) is 29.3 Å². The largest absolute Gasteiger partial charge is 0.354 e. The highest BCUT2D eigenvalue weighted by Crippen LogP contribution is 2.23. The summed E-state index contributed by atoms with van der Waals surface area (Å²) < 4.78 is 0. The minimum Gasteiger partial charge on any atom is -0.354 e. The summed E-state index contributed by atoms with van der Waals surface area (Å²) in [4.78, 5) is 27.5. The molecule has 0 aliphatic heterocycles. The van der Waals surface area contributed by atoms with Crippen molar-refractivity contribution < 1.29 is 9.59 Å². The number of nitrogens with one attached hydrogen (secondary N) is 1. The Kier molecular flexibility index (Phi) is 8.81. The molecule has 1 atom stereocenters. The van der Waals surface area contributed by atoms with Crippen molar-refractivity contribution >= 4 is 35.0 Å². The van der Waals surface area contributed by atoms with Crippen LogP contribution in [0, 0.1) is 0 Å². The van der Waals surface area contributed by atoms with Crippen LogP contribution in [0.4, 0.5) is 0 Å². The Morgan fingerprint density at radius 3 is 2.32 bits per heavy atom. The molecule has 0 unspecified atom stereocenters. The maximum Gasteiger partial charge on any atom is 0.242 e. The van der Waals surface area contributed by atoms with E-state index in [2.05, 4.69) is 5.32 Å². The van der Waals surface area contributed by atoms with Gasteiger partial charge in [-0.1, -0.05) is 73.4 Å². The smallest absolute Gasteiger partial charge is 0.242 e. The lowest BCUT2D eigenvalue weighted by molar-refractivity contribution is -0.140. The molecule has 0 aliphatic rings. The Bertz CT molecular complexity index is 796. The van der Waals surface area contributed by atoms with Crippen molar-refractivity contribution in [3.8, 4) is 0 Å². The summed E-state index contributed by atoms with van der Waals surface area (Å²) in [6, 6.07) is 14.3. The molecule has 2 amide bonds. The van der Waals surface area contributed by atoms with Gasteiger partial charge in [-0.05, 0) is 36.1 Å². The maximum atomic E-state index is 13.2. The third-order valence-corrected chi connectivity index (χ3v) is 5.21. The van der Waals surface area contributed by atoms with E-state index in [1.165, 1.54) is 0 Å². The molecule has 0 heterocycles. The van der Waals surface area contributed by atoms with Crippen LogP contribution >= 0.6 is 23.2 Å². The summed E-state index contributed by atoms with van der Waals surface area (Å²) in [5.41, 5.74) is 1.74. The number of carbonyl (C=O) groups excluding carboxylic acids is 2. The molecule has 0 bridgehead atoms. The first kappa shape index (κ1) is 22.3. The van der Waals surface area contributed by atoms with Crippen LogP contribution in [0.5, 0.6) is 0 Å². The zero-order valence-corrected chi connectivity index (χ0v) is 17.8. The van der Waals surface area contributed by atoms with Gasteiger partial charge < -0.3 is 10.2 Å². The minimum atomic E-state index is -0.526. The Hall–Kier alpha value is -2.04. The van der Waals surface area contributed by atoms with Crippen LogP contribution in [0.3, 0.4) is 0 Å². The van der Waals surface area contributed by atoms with Gasteiger partial charge in [0.25, 0.3) is 0 Å². The van der Waals surface area contributed by atoms with Gasteiger partial charge in [0.2, 0.25) is 11.8 Å². The highest BCUT2D eigenvalue weighted by atomic mass is 35.5. The molecule has 0 saturated heterocycles. The summed E-state index contributed by atoms with van der Waals surface area (Å²) >= 11 is 12.1. The highest BCUT2D eigenvalue weighted by Gasteiger charge is 2.28. The van der Waals surface area contributed by atoms with Crippen LogP contribution in [0.2, 0.25) is 10.0 Å². The second-order valence-corrected chi connectivity index (χ2v) is 7.46. The minimum absolute atomic E-state index is 0.122. The Balaban J connectivity index is 2.25. The van der Waals surface area contributed by atoms with Crippen molar-refractivity contribution in [1.29, 1.82) is 0 Å². The van der Waals surface area contributed by atoms with Gasteiger partial charge in [0.1, 0.15) is 6.04 Å². The summed E-state index contributed by atoms with van der Waals surface area (Å²) in [6.07, 6.45) is 1.54. The molecule has 0 spiro atoms. The number of halogens is 2. The molecule has 1 N–H and O–H groups in total. The monoisotopic (exact) mass is 420 g/mol. The van der Waals surface area contributed by atoms with E-state index >= 15 is 0 Å². The van der Waals surface area contributed by atoms with E-state index in [4.69, 9.17) is 23.2 Å². The van der Waals surface area contributed by atoms with Gasteiger partial charge >= 0.3 is 0 Å². The van der Waals surface area contributed by atoms with E-state index in [1.807, 2.05) is 44.2 Å². The number of benzene rings is 2. The van der Waals surface area contributed by atoms with E-state index in [9.17, 15) is 9.59 Å². The van der Waals surface area contributed by atoms with Crippen LogP contribution in [0.15, 0.2) is 48.5 Å². The summed E-state index contributed by atoms with van der Waals surface area (Å²) in [5, 5.41) is 3.77. The Labute approximate surface area is 176 Å². The first-order valence-electron chi connectivity index (χ1n) is 9.51. The van der Waals surface area contributed by atoms with Crippen LogP contribution in [0.25, 0.3) is 0 Å². The normalized spacial score (nSPS) is 11.7. The topological polar surface area (TPSA) is 49.4 Å². The van der Waals surface area contributed by atoms with Gasteiger partial charge in [-0.15, -0.1) is 0 Å². The van der Waals surface area contributed by atoms with Gasteiger partial charge in [0, 0.05) is 13.1 Å². The van der Waals surface area contributed by atoms with E-state index in [0.717, 1.165) is 17.5 Å². The number of carbonyl (C=O) groups is 2. The standard InChI is InChI=1S/C22H26Cl2N2O2/c1-3-12-25-22(28)20(4-2)26(15-16-8-6-5-7-9-16)21(27)14-17-10-11-18(23)19(24)13-17/h5-11,13,20H,3-4,12,14-15H2,1-2H3,(H,25,28)/t20-/m1/s1. The third-order valence-electron chi connectivity index (χ3n) is 4.47. The van der Waals surface area contributed by atoms with Crippen molar-refractivity contribution in [3.05, 3.63) is 69.7 Å². The van der Waals surface area contributed by atoms with Gasteiger partial charge in [0.15, 0.2) is 0 Å². The number of rotatable bonds is 9. The zero-order valence-electron chi connectivity index (χ0n) is 16.3. The molecule has 0 saturated carbocycles. The quantitative estimate of drug-likeness (QED) is 0.628. The molecule has 150 valence electrons. The summed E-state index contributed by atoms with van der Waals surface area (Å²) in [7, 11) is 0. The van der Waals surface area contributed by atoms with Crippen molar-refractivity contribution in [1.82, 2.24) is 10.2 Å². The lowest BCUT2D eigenvalue weighted by atomic mass is 10.1. The average Bonchev–Trinajstić information content (AvgIpc) is 2.69. The fraction of sp³-hybridized carbons (Fsp3) is 0.364. The van der Waals surface area contributed by atoms with Crippen LogP contribution in [-0.2, 0) is 22.6 Å². The van der Waals surface area contributed by atoms with E-state index in [1.54, 1.807) is 23.1 Å². The second-order valence-electron chi connectivity index (χ2n) is 6.65. The molecule has 6 heteroatoms. The van der Waals surface area contributed by atoms with Crippen molar-refractivity contribution in [3.63, 3.8) is 0 Å². The van der Waals surface area contributed by atoms with Gasteiger partial charge in [0.05, 0.1) is 16.5 Å². The lowest BCUT2D eigenvalue weighted by Gasteiger charge is -2.30. The van der Waals surface area contributed by atoms with E-state index < -0.39 is 6.04 Å². The first-order chi connectivity index (χ1) is 13.5. The highest BCUT2D eigenvalue weighted by molar-refractivity contribution is 6.42. The predicted molar refractivity (Wildman–Crippen MR) is 115 cm³/mol. The molecule has 28 heavy (non-hydrogen) atoms. The van der Waals surface area contributed by atoms with Crippen LogP contribution in [0.1, 0.15) is 37.8 Å². The SMILES string of the molecule is CCCNC(=O)[C@@H](CC)N(Cc1ccccc1)C(=O)Cc1ccc(Cl)c(Cl)c1. The summed E-state index contributed by atoms with van der Waals surface area (Å²) in [5.74, 6) is -0.247. The molecule has 4 nitrogen and oxygen atoms in total. The number of hydrogen-bond acceptors (Lipinski definition) is 2. The lowest BCUT2D eigenvalue weighted by Crippen LogP contribution is -2.49. The maximum absolute atomic E-state index is 13.2. The number of hydrogen-bond donors (Lipinski definition) is 1. The third kappa shape index (κ3) is 6.25. The molecule has 0 aliphatic carbocycles. The zero-order chi connectivity index (χ0) is 20.5. The summed E-state index contributed by atoms with van der Waals surface area (Å²) in [6.45, 7) is 4.88. The van der Waals surface area contributed by atoms with Gasteiger partial charge in [-0.2, -0.15) is 0 Å². The van der Waals surface area contributed by atoms with E-state index in [0.29, 0.717) is 29.6 Å². The van der Waals surface area contributed by atoms with E-state index in [-0.39, 0.29) is 18.2 Å². The molecular weight excluding hydrogens is 395 g/mol. The van der Waals surface area contributed by atoms with Crippen molar-refractivity contribution in [2.45, 2.75) is 45.7 Å². The van der Waals surface area contributed by atoms with Crippen molar-refractivity contribution in [2.75, 3.05) is 6.54 Å². The average molecular weight is 421 g/mol. The number of nitrogens with zero attached hydrogens (tertiary/aromatic N) is 1. The Morgan fingerprint density at radius 1 is 1.00 bits per heavy atom. The molecular formula is C22H26Cl2N2O2. The molecule has 2 rings (SSSR count). The molecule has 2 aromatic carbocycles. The fourth-order valence-electron chi connectivity index (χ4n) is 2.99. The van der Waals surface area contributed by atoms with Crippen molar-refractivity contribution in [2.24, 2.45) is 0 Å². The molecule has 0 fully saturated rings.